The summed E-state index contributed by atoms with van der Waals surface area (Å²) in [6.07, 6.45) is 5.48. The molecule has 208 valence electrons. The minimum atomic E-state index is -0.275. The Labute approximate surface area is 235 Å². The second-order valence-corrected chi connectivity index (χ2v) is 10.5. The third-order valence-electron chi connectivity index (χ3n) is 7.61. The van der Waals surface area contributed by atoms with Gasteiger partial charge in [0.2, 0.25) is 5.95 Å². The molecule has 12 nitrogen and oxygen atoms in total. The summed E-state index contributed by atoms with van der Waals surface area (Å²) in [5.74, 6) is 1.94. The highest BCUT2D eigenvalue weighted by atomic mass is 16.5. The number of rotatable bonds is 5. The average Bonchev–Trinajstić information content (AvgIpc) is 3.37. The zero-order valence-electron chi connectivity index (χ0n) is 23.1. The number of hydrogen-bond donors (Lipinski definition) is 3. The lowest BCUT2D eigenvalue weighted by Gasteiger charge is -2.32. The molecule has 0 bridgehead atoms. The summed E-state index contributed by atoms with van der Waals surface area (Å²) >= 11 is 0. The summed E-state index contributed by atoms with van der Waals surface area (Å²) < 4.78 is 7.76. The van der Waals surface area contributed by atoms with Crippen molar-refractivity contribution in [2.24, 2.45) is 0 Å². The third kappa shape index (κ3) is 4.55. The highest BCUT2D eigenvalue weighted by molar-refractivity contribution is 5.96. The monoisotopic (exact) mass is 550 g/mol. The molecule has 1 aromatic carbocycles. The maximum Gasteiger partial charge on any atom is 0.261 e. The minimum Gasteiger partial charge on any atom is -0.381 e. The summed E-state index contributed by atoms with van der Waals surface area (Å²) in [7, 11) is 2.08. The first kappa shape index (κ1) is 25.1. The van der Waals surface area contributed by atoms with Crippen LogP contribution in [-0.2, 0) is 11.3 Å². The first-order valence-electron chi connectivity index (χ1n) is 13.7. The van der Waals surface area contributed by atoms with E-state index in [1.165, 1.54) is 5.69 Å². The Morgan fingerprint density at radius 1 is 1.02 bits per heavy atom. The van der Waals surface area contributed by atoms with Crippen molar-refractivity contribution in [3.63, 3.8) is 0 Å². The number of fused-ring (bicyclic) bond motifs is 4. The number of H-pyrrole nitrogens is 1. The SMILES string of the molecule is Cc1cc(Nc2nc(Nc3cccc4c3N(C)Cc3c-4cnn3C3CCOCC3)c3c(=O)[nH]ccc3n2)nc(C)n1. The van der Waals surface area contributed by atoms with Gasteiger partial charge in [0.1, 0.15) is 22.8 Å². The Morgan fingerprint density at radius 3 is 2.71 bits per heavy atom. The molecule has 0 amide bonds. The maximum absolute atomic E-state index is 13.0. The van der Waals surface area contributed by atoms with Crippen LogP contribution in [-0.4, -0.2) is 55.0 Å². The van der Waals surface area contributed by atoms with Gasteiger partial charge in [0.25, 0.3) is 5.56 Å². The van der Waals surface area contributed by atoms with E-state index < -0.39 is 0 Å². The largest absolute Gasteiger partial charge is 0.381 e. The van der Waals surface area contributed by atoms with E-state index in [0.717, 1.165) is 54.3 Å². The number of para-hydroxylation sites is 1. The van der Waals surface area contributed by atoms with Crippen molar-refractivity contribution in [1.82, 2.24) is 34.7 Å². The van der Waals surface area contributed by atoms with Crippen molar-refractivity contribution < 1.29 is 4.74 Å². The van der Waals surface area contributed by atoms with Crippen LogP contribution >= 0.6 is 0 Å². The number of benzene rings is 1. The molecule has 12 heteroatoms. The Hall–Kier alpha value is -4.84. The van der Waals surface area contributed by atoms with Crippen LogP contribution < -0.4 is 21.1 Å². The Balaban J connectivity index is 1.30. The Bertz CT molecular complexity index is 1820. The molecular weight excluding hydrogens is 520 g/mol. The highest BCUT2D eigenvalue weighted by Crippen LogP contribution is 2.44. The van der Waals surface area contributed by atoms with Gasteiger partial charge in [-0.2, -0.15) is 10.1 Å². The molecule has 0 spiro atoms. The van der Waals surface area contributed by atoms with Gasteiger partial charge in [0.05, 0.1) is 41.4 Å². The molecule has 1 fully saturated rings. The summed E-state index contributed by atoms with van der Waals surface area (Å²) in [5.41, 5.74) is 6.31. The lowest BCUT2D eigenvalue weighted by Crippen LogP contribution is -2.28. The van der Waals surface area contributed by atoms with Crippen molar-refractivity contribution >= 4 is 39.9 Å². The van der Waals surface area contributed by atoms with Crippen molar-refractivity contribution in [2.45, 2.75) is 39.3 Å². The zero-order chi connectivity index (χ0) is 28.1. The van der Waals surface area contributed by atoms with Crippen LogP contribution in [0.2, 0.25) is 0 Å². The van der Waals surface area contributed by atoms with Crippen LogP contribution in [0.25, 0.3) is 22.0 Å². The van der Waals surface area contributed by atoms with Gasteiger partial charge in [0.15, 0.2) is 0 Å². The molecule has 2 aliphatic heterocycles. The quantitative estimate of drug-likeness (QED) is 0.289. The second-order valence-electron chi connectivity index (χ2n) is 10.5. The molecule has 6 heterocycles. The van der Waals surface area contributed by atoms with Gasteiger partial charge < -0.3 is 25.3 Å². The van der Waals surface area contributed by atoms with Gasteiger partial charge in [-0.05, 0) is 38.8 Å². The normalized spacial score (nSPS) is 15.0. The molecule has 41 heavy (non-hydrogen) atoms. The number of ether oxygens (including phenoxy) is 1. The number of aryl methyl sites for hydroxylation is 2. The lowest BCUT2D eigenvalue weighted by atomic mass is 9.97. The first-order chi connectivity index (χ1) is 19.9. The third-order valence-corrected chi connectivity index (χ3v) is 7.61. The molecule has 4 aromatic heterocycles. The number of nitrogens with one attached hydrogen (secondary N) is 3. The van der Waals surface area contributed by atoms with Crippen LogP contribution in [0.15, 0.2) is 47.5 Å². The lowest BCUT2D eigenvalue weighted by molar-refractivity contribution is 0.0654. The van der Waals surface area contributed by atoms with Crippen molar-refractivity contribution in [3.8, 4) is 11.1 Å². The minimum absolute atomic E-state index is 0.275. The Kier molecular flexibility index (Phi) is 6.11. The van der Waals surface area contributed by atoms with Gasteiger partial charge >= 0.3 is 0 Å². The van der Waals surface area contributed by atoms with E-state index in [0.29, 0.717) is 46.9 Å². The summed E-state index contributed by atoms with van der Waals surface area (Å²) in [6.45, 7) is 5.97. The molecule has 3 N–H and O–H groups in total. The first-order valence-corrected chi connectivity index (χ1v) is 13.7. The van der Waals surface area contributed by atoms with Crippen LogP contribution in [0.4, 0.5) is 29.0 Å². The molecular formula is C29H30N10O2. The van der Waals surface area contributed by atoms with E-state index in [4.69, 9.17) is 14.8 Å². The van der Waals surface area contributed by atoms with E-state index in [9.17, 15) is 4.79 Å². The fraction of sp³-hybridized carbons (Fsp3) is 0.310. The number of aromatic amines is 1. The Morgan fingerprint density at radius 2 is 1.88 bits per heavy atom. The zero-order valence-corrected chi connectivity index (χ0v) is 23.1. The molecule has 0 unspecified atom stereocenters. The van der Waals surface area contributed by atoms with Crippen molar-refractivity contribution in [3.05, 3.63) is 70.3 Å². The number of anilines is 5. The molecule has 2 aliphatic rings. The van der Waals surface area contributed by atoms with Crippen LogP contribution in [0.5, 0.6) is 0 Å². The standard InChI is InChI=1S/C29H30N10O2/c1-16-13-24(33-17(2)32-16)36-29-35-21-7-10-30-28(40)25(21)27(37-29)34-22-6-4-5-19-20-14-31-39(18-8-11-41-12-9-18)23(20)15-38(3)26(19)22/h4-7,10,13-14,18H,8-9,11-12,15H2,1-3H3,(H,30,40)(H2,32,33,34,35,36,37). The number of nitrogens with zero attached hydrogens (tertiary/aromatic N) is 7. The van der Waals surface area contributed by atoms with Crippen molar-refractivity contribution in [2.75, 3.05) is 35.8 Å². The summed E-state index contributed by atoms with van der Waals surface area (Å²) in [6, 6.07) is 10.0. The maximum atomic E-state index is 13.0. The average molecular weight is 551 g/mol. The summed E-state index contributed by atoms with van der Waals surface area (Å²) in [4.78, 5) is 36.1. The van der Waals surface area contributed by atoms with Gasteiger partial charge in [-0.1, -0.05) is 12.1 Å². The second kappa shape index (κ2) is 9.97. The van der Waals surface area contributed by atoms with E-state index in [-0.39, 0.29) is 5.56 Å². The number of hydrogen-bond acceptors (Lipinski definition) is 10. The molecule has 0 aliphatic carbocycles. The fourth-order valence-electron chi connectivity index (χ4n) is 5.85. The van der Waals surface area contributed by atoms with Crippen molar-refractivity contribution in [1.29, 1.82) is 0 Å². The van der Waals surface area contributed by atoms with E-state index in [1.807, 2.05) is 38.2 Å². The van der Waals surface area contributed by atoms with Crippen LogP contribution in [0, 0.1) is 13.8 Å². The predicted molar refractivity (Wildman–Crippen MR) is 157 cm³/mol. The fourth-order valence-corrected chi connectivity index (χ4v) is 5.85. The predicted octanol–water partition coefficient (Wildman–Crippen LogP) is 4.38. The summed E-state index contributed by atoms with van der Waals surface area (Å²) in [5, 5.41) is 11.8. The van der Waals surface area contributed by atoms with Gasteiger partial charge in [-0.3, -0.25) is 9.48 Å². The number of pyridine rings is 1. The van der Waals surface area contributed by atoms with Crippen LogP contribution in [0.1, 0.15) is 36.1 Å². The smallest absolute Gasteiger partial charge is 0.261 e. The molecule has 1 saturated heterocycles. The van der Waals surface area contributed by atoms with Gasteiger partial charge in [-0.15, -0.1) is 0 Å². The molecule has 0 saturated carbocycles. The molecule has 0 atom stereocenters. The molecule has 0 radical (unpaired) electrons. The highest BCUT2D eigenvalue weighted by Gasteiger charge is 2.29. The topological polar surface area (TPSA) is 139 Å². The van der Waals surface area contributed by atoms with Gasteiger partial charge in [-0.25, -0.2) is 15.0 Å². The molecule has 5 aromatic rings. The number of aromatic nitrogens is 7. The van der Waals surface area contributed by atoms with Gasteiger partial charge in [0, 0.05) is 49.3 Å². The van der Waals surface area contributed by atoms with Crippen LogP contribution in [0.3, 0.4) is 0 Å². The van der Waals surface area contributed by atoms with E-state index in [2.05, 4.69) is 53.3 Å². The van der Waals surface area contributed by atoms with E-state index in [1.54, 1.807) is 12.3 Å². The van der Waals surface area contributed by atoms with E-state index >= 15 is 0 Å². The molecule has 7 rings (SSSR count).